The van der Waals surface area contributed by atoms with Gasteiger partial charge in [0.25, 0.3) is 5.91 Å². The number of methoxy groups -OCH3 is 1. The lowest BCUT2D eigenvalue weighted by Crippen LogP contribution is -2.31. The van der Waals surface area contributed by atoms with Gasteiger partial charge in [-0.2, -0.15) is 0 Å². The Morgan fingerprint density at radius 3 is 2.55 bits per heavy atom. The van der Waals surface area contributed by atoms with Gasteiger partial charge in [-0.3, -0.25) is 14.7 Å². The van der Waals surface area contributed by atoms with Crippen LogP contribution in [0.4, 0.5) is 5.13 Å². The van der Waals surface area contributed by atoms with Gasteiger partial charge in [0.15, 0.2) is 5.13 Å². The molecule has 0 unspecified atom stereocenters. The van der Waals surface area contributed by atoms with E-state index in [-0.39, 0.29) is 23.6 Å². The van der Waals surface area contributed by atoms with Crippen LogP contribution in [0.15, 0.2) is 60.9 Å². The molecule has 2 aromatic carbocycles. The number of ether oxygens (including phenoxy) is 1. The summed E-state index contributed by atoms with van der Waals surface area (Å²) in [6.45, 7) is 2.18. The zero-order valence-corrected chi connectivity index (χ0v) is 18.4. The number of nitrogens with zero attached hydrogens (tertiary/aromatic N) is 3. The van der Waals surface area contributed by atoms with Crippen molar-refractivity contribution >= 4 is 50.2 Å². The second kappa shape index (κ2) is 8.83. The average molecular weight is 452 g/mol. The van der Waals surface area contributed by atoms with Gasteiger partial charge in [-0.1, -0.05) is 47.2 Å². The number of halogens is 1. The van der Waals surface area contributed by atoms with Crippen molar-refractivity contribution < 1.29 is 14.3 Å². The molecule has 8 heteroatoms. The molecule has 0 fully saturated rings. The Morgan fingerprint density at radius 2 is 1.87 bits per heavy atom. The first-order valence-electron chi connectivity index (χ1n) is 9.43. The normalized spacial score (nSPS) is 10.8. The van der Waals surface area contributed by atoms with Crippen LogP contribution in [0.2, 0.25) is 5.02 Å². The molecular formula is C23H18ClN3O3S. The van der Waals surface area contributed by atoms with Crippen LogP contribution in [0.25, 0.3) is 10.2 Å². The summed E-state index contributed by atoms with van der Waals surface area (Å²) in [5, 5.41) is 1.06. The molecule has 0 aliphatic rings. The van der Waals surface area contributed by atoms with Crippen LogP contribution in [-0.2, 0) is 11.3 Å². The van der Waals surface area contributed by atoms with Gasteiger partial charge in [0.05, 0.1) is 40.0 Å². The highest BCUT2D eigenvalue weighted by atomic mass is 35.5. The number of aromatic nitrogens is 2. The third-order valence-corrected chi connectivity index (χ3v) is 6.33. The molecule has 4 rings (SSSR count). The second-order valence-electron chi connectivity index (χ2n) is 6.83. The molecule has 0 atom stereocenters. The maximum absolute atomic E-state index is 13.7. The topological polar surface area (TPSA) is 72.4 Å². The van der Waals surface area contributed by atoms with E-state index in [0.717, 1.165) is 21.3 Å². The van der Waals surface area contributed by atoms with Gasteiger partial charge in [-0.15, -0.1) is 0 Å². The monoisotopic (exact) mass is 451 g/mol. The summed E-state index contributed by atoms with van der Waals surface area (Å²) in [6.07, 6.45) is 3.36. The fourth-order valence-corrected chi connectivity index (χ4v) is 4.52. The maximum atomic E-state index is 13.7. The lowest BCUT2D eigenvalue weighted by atomic mass is 10.1. The number of fused-ring (bicyclic) bond motifs is 1. The number of aryl methyl sites for hydroxylation is 1. The molecule has 4 aromatic rings. The van der Waals surface area contributed by atoms with Gasteiger partial charge >= 0.3 is 5.97 Å². The number of benzene rings is 2. The van der Waals surface area contributed by atoms with Crippen molar-refractivity contribution in [3.63, 3.8) is 0 Å². The molecule has 1 amide bonds. The van der Waals surface area contributed by atoms with Crippen molar-refractivity contribution in [3.8, 4) is 0 Å². The number of amides is 1. The van der Waals surface area contributed by atoms with Crippen molar-refractivity contribution in [2.24, 2.45) is 0 Å². The van der Waals surface area contributed by atoms with E-state index in [0.29, 0.717) is 10.2 Å². The third kappa shape index (κ3) is 4.15. The summed E-state index contributed by atoms with van der Waals surface area (Å²) < 4.78 is 5.67. The second-order valence-corrected chi connectivity index (χ2v) is 8.21. The maximum Gasteiger partial charge on any atom is 0.338 e. The molecule has 2 aromatic heterocycles. The van der Waals surface area contributed by atoms with E-state index in [1.54, 1.807) is 47.6 Å². The van der Waals surface area contributed by atoms with E-state index < -0.39 is 5.97 Å². The highest BCUT2D eigenvalue weighted by Gasteiger charge is 2.26. The quantitative estimate of drug-likeness (QED) is 0.385. The highest BCUT2D eigenvalue weighted by Crippen LogP contribution is 2.36. The number of carbonyl (C=O) groups excluding carboxylic acids is 2. The van der Waals surface area contributed by atoms with E-state index in [1.807, 2.05) is 25.1 Å². The number of carbonyl (C=O) groups is 2. The zero-order valence-electron chi connectivity index (χ0n) is 16.8. The largest absolute Gasteiger partial charge is 0.465 e. The van der Waals surface area contributed by atoms with Crippen LogP contribution in [0, 0.1) is 6.92 Å². The Hall–Kier alpha value is -3.29. The van der Waals surface area contributed by atoms with Gasteiger partial charge in [0, 0.05) is 12.4 Å². The van der Waals surface area contributed by atoms with E-state index in [2.05, 4.69) is 4.98 Å². The van der Waals surface area contributed by atoms with E-state index in [4.69, 9.17) is 21.3 Å². The number of rotatable bonds is 5. The van der Waals surface area contributed by atoms with Gasteiger partial charge < -0.3 is 4.74 Å². The van der Waals surface area contributed by atoms with Crippen LogP contribution in [0.3, 0.4) is 0 Å². The molecule has 0 saturated carbocycles. The molecule has 0 radical (unpaired) electrons. The van der Waals surface area contributed by atoms with Crippen molar-refractivity contribution in [3.05, 3.63) is 88.2 Å². The van der Waals surface area contributed by atoms with Crippen LogP contribution in [0.5, 0.6) is 0 Å². The molecule has 0 N–H and O–H groups in total. The third-order valence-electron chi connectivity index (χ3n) is 4.79. The summed E-state index contributed by atoms with van der Waals surface area (Å²) in [4.78, 5) is 36.3. The SMILES string of the molecule is COC(=O)c1ccccc1C(=O)N(Cc1cccnc1)c1nc2c(C)ccc(Cl)c2s1. The number of esters is 1. The Balaban J connectivity index is 1.85. The van der Waals surface area contributed by atoms with E-state index in [9.17, 15) is 9.59 Å². The van der Waals surface area contributed by atoms with Crippen molar-refractivity contribution in [1.29, 1.82) is 0 Å². The van der Waals surface area contributed by atoms with Crippen LogP contribution >= 0.6 is 22.9 Å². The Bertz CT molecular complexity index is 1230. The number of hydrogen-bond donors (Lipinski definition) is 0. The van der Waals surface area contributed by atoms with Crippen LogP contribution in [0.1, 0.15) is 31.8 Å². The summed E-state index contributed by atoms with van der Waals surface area (Å²) in [5.41, 5.74) is 2.97. The van der Waals surface area contributed by atoms with Crippen molar-refractivity contribution in [1.82, 2.24) is 9.97 Å². The summed E-state index contributed by atoms with van der Waals surface area (Å²) in [6, 6.07) is 14.0. The van der Waals surface area contributed by atoms with Crippen molar-refractivity contribution in [2.75, 3.05) is 12.0 Å². The molecule has 0 aliphatic heterocycles. The molecule has 6 nitrogen and oxygen atoms in total. The summed E-state index contributed by atoms with van der Waals surface area (Å²) in [7, 11) is 1.29. The molecule has 0 saturated heterocycles. The van der Waals surface area contributed by atoms with Crippen LogP contribution in [-0.4, -0.2) is 29.0 Å². The molecule has 0 spiro atoms. The molecule has 0 aliphatic carbocycles. The van der Waals surface area contributed by atoms with Crippen molar-refractivity contribution in [2.45, 2.75) is 13.5 Å². The van der Waals surface area contributed by atoms with Gasteiger partial charge in [-0.25, -0.2) is 9.78 Å². The average Bonchev–Trinajstić information content (AvgIpc) is 3.26. The standard InChI is InChI=1S/C23H18ClN3O3S/c1-14-9-10-18(24)20-19(14)26-23(31-20)27(13-15-6-5-11-25-12-15)21(28)16-7-3-4-8-17(16)22(29)30-2/h3-12H,13H2,1-2H3. The number of anilines is 1. The Morgan fingerprint density at radius 1 is 1.10 bits per heavy atom. The lowest BCUT2D eigenvalue weighted by Gasteiger charge is -2.21. The number of pyridine rings is 1. The Labute approximate surface area is 188 Å². The van der Waals surface area contributed by atoms with Gasteiger partial charge in [-0.05, 0) is 42.3 Å². The fourth-order valence-electron chi connectivity index (χ4n) is 3.21. The predicted octanol–water partition coefficient (Wildman–Crippen LogP) is 5.29. The lowest BCUT2D eigenvalue weighted by molar-refractivity contribution is 0.0597. The number of thiazole rings is 1. The zero-order chi connectivity index (χ0) is 22.0. The summed E-state index contributed by atoms with van der Waals surface area (Å²) in [5.74, 6) is -0.939. The number of hydrogen-bond acceptors (Lipinski definition) is 6. The highest BCUT2D eigenvalue weighted by molar-refractivity contribution is 7.23. The predicted molar refractivity (Wildman–Crippen MR) is 122 cm³/mol. The Kier molecular flexibility index (Phi) is 5.97. The molecule has 31 heavy (non-hydrogen) atoms. The molecule has 2 heterocycles. The van der Waals surface area contributed by atoms with Gasteiger partial charge in [0.1, 0.15) is 0 Å². The first-order chi connectivity index (χ1) is 15.0. The minimum absolute atomic E-state index is 0.196. The van der Waals surface area contributed by atoms with E-state index >= 15 is 0 Å². The first kappa shape index (κ1) is 21.0. The van der Waals surface area contributed by atoms with E-state index in [1.165, 1.54) is 18.4 Å². The minimum Gasteiger partial charge on any atom is -0.465 e. The van der Waals surface area contributed by atoms with Gasteiger partial charge in [0.2, 0.25) is 0 Å². The first-order valence-corrected chi connectivity index (χ1v) is 10.6. The molecular weight excluding hydrogens is 434 g/mol. The smallest absolute Gasteiger partial charge is 0.338 e. The summed E-state index contributed by atoms with van der Waals surface area (Å²) >= 11 is 7.72. The minimum atomic E-state index is -0.575. The molecule has 0 bridgehead atoms. The fraction of sp³-hybridized carbons (Fsp3) is 0.130. The molecule has 156 valence electrons. The van der Waals surface area contributed by atoms with Crippen LogP contribution < -0.4 is 4.90 Å².